The predicted molar refractivity (Wildman–Crippen MR) is 101 cm³/mol. The lowest BCUT2D eigenvalue weighted by Crippen LogP contribution is -2.40. The van der Waals surface area contributed by atoms with Crippen LogP contribution in [0.2, 0.25) is 0 Å². The molecule has 1 N–H and O–H groups in total. The number of aryl methyl sites for hydroxylation is 1. The fourth-order valence-electron chi connectivity index (χ4n) is 3.56. The Labute approximate surface area is 157 Å². The highest BCUT2D eigenvalue weighted by Crippen LogP contribution is 2.46. The molecule has 0 unspecified atom stereocenters. The third-order valence-corrected chi connectivity index (χ3v) is 6.76. The van der Waals surface area contributed by atoms with Gasteiger partial charge in [-0.2, -0.15) is 9.98 Å². The summed E-state index contributed by atoms with van der Waals surface area (Å²) in [4.78, 5) is 25.0. The van der Waals surface area contributed by atoms with E-state index in [2.05, 4.69) is 10.8 Å². The number of fused-ring (bicyclic) bond motifs is 1. The van der Waals surface area contributed by atoms with Gasteiger partial charge in [-0.3, -0.25) is 13.9 Å². The van der Waals surface area contributed by atoms with E-state index in [1.165, 1.54) is 22.8 Å². The standard InChI is InChI=1S/C18H22N4O4S/c1-4-12-10-18(12,11-19)20-27(25,26)13-7-8-15-14(9-13)16(23)22(6-3)17(24)21(15)5-2/h7-9,12,20H,4-6,10H2,1-3H3/t12-,18-/m0/s1. The molecule has 1 aromatic heterocycles. The van der Waals surface area contributed by atoms with Crippen molar-refractivity contribution in [3.05, 3.63) is 39.0 Å². The summed E-state index contributed by atoms with van der Waals surface area (Å²) in [6.45, 7) is 5.93. The minimum absolute atomic E-state index is 0.0136. The summed E-state index contributed by atoms with van der Waals surface area (Å²) in [5.74, 6) is -0.0136. The second kappa shape index (κ2) is 6.62. The van der Waals surface area contributed by atoms with Gasteiger partial charge < -0.3 is 0 Å². The molecule has 0 radical (unpaired) electrons. The summed E-state index contributed by atoms with van der Waals surface area (Å²) in [5.41, 5.74) is -1.62. The van der Waals surface area contributed by atoms with Crippen LogP contribution in [0.5, 0.6) is 0 Å². The Bertz CT molecular complexity index is 1170. The van der Waals surface area contributed by atoms with Crippen molar-refractivity contribution < 1.29 is 8.42 Å². The Balaban J connectivity index is 2.16. The number of sulfonamides is 1. The van der Waals surface area contributed by atoms with Gasteiger partial charge in [0.25, 0.3) is 5.56 Å². The summed E-state index contributed by atoms with van der Waals surface area (Å²) >= 11 is 0. The minimum atomic E-state index is -3.98. The van der Waals surface area contributed by atoms with Crippen molar-refractivity contribution >= 4 is 20.9 Å². The molecule has 144 valence electrons. The van der Waals surface area contributed by atoms with E-state index in [9.17, 15) is 23.3 Å². The highest BCUT2D eigenvalue weighted by atomic mass is 32.2. The van der Waals surface area contributed by atoms with Crippen LogP contribution < -0.4 is 16.0 Å². The first-order chi connectivity index (χ1) is 12.7. The Morgan fingerprint density at radius 1 is 1.22 bits per heavy atom. The smallest absolute Gasteiger partial charge is 0.293 e. The topological polar surface area (TPSA) is 114 Å². The molecule has 3 rings (SSSR count). The van der Waals surface area contributed by atoms with Gasteiger partial charge in [0.15, 0.2) is 0 Å². The van der Waals surface area contributed by atoms with E-state index in [-0.39, 0.29) is 22.7 Å². The molecule has 0 spiro atoms. The first kappa shape index (κ1) is 19.3. The molecule has 0 amide bonds. The van der Waals surface area contributed by atoms with Gasteiger partial charge in [-0.1, -0.05) is 13.3 Å². The van der Waals surface area contributed by atoms with E-state index in [0.717, 1.165) is 4.57 Å². The normalized spacial score (nSPS) is 21.9. The van der Waals surface area contributed by atoms with Crippen molar-refractivity contribution in [2.24, 2.45) is 5.92 Å². The van der Waals surface area contributed by atoms with Crippen LogP contribution in [0.25, 0.3) is 10.9 Å². The molecule has 1 fully saturated rings. The molecule has 1 saturated carbocycles. The highest BCUT2D eigenvalue weighted by Gasteiger charge is 2.56. The lowest BCUT2D eigenvalue weighted by molar-refractivity contribution is 0.557. The quantitative estimate of drug-likeness (QED) is 0.795. The van der Waals surface area contributed by atoms with Crippen LogP contribution in [0.4, 0.5) is 0 Å². The minimum Gasteiger partial charge on any atom is -0.293 e. The van der Waals surface area contributed by atoms with E-state index < -0.39 is 26.8 Å². The van der Waals surface area contributed by atoms with Gasteiger partial charge in [0.05, 0.1) is 21.9 Å². The maximum absolute atomic E-state index is 12.8. The van der Waals surface area contributed by atoms with E-state index in [0.29, 0.717) is 24.9 Å². The average Bonchev–Trinajstić information content (AvgIpc) is 3.35. The molecule has 1 heterocycles. The highest BCUT2D eigenvalue weighted by molar-refractivity contribution is 7.89. The SMILES string of the molecule is CC[C@H]1C[C@@]1(C#N)NS(=O)(=O)c1ccc2c(c1)c(=O)n(CC)c(=O)n2CC. The monoisotopic (exact) mass is 390 g/mol. The molecule has 1 aliphatic carbocycles. The van der Waals surface area contributed by atoms with Crippen LogP contribution in [0.1, 0.15) is 33.6 Å². The molecule has 0 bridgehead atoms. The van der Waals surface area contributed by atoms with Crippen LogP contribution in [0, 0.1) is 17.2 Å². The van der Waals surface area contributed by atoms with Crippen molar-refractivity contribution in [2.45, 2.75) is 57.1 Å². The van der Waals surface area contributed by atoms with Gasteiger partial charge in [-0.05, 0) is 44.4 Å². The van der Waals surface area contributed by atoms with Crippen molar-refractivity contribution in [1.82, 2.24) is 13.9 Å². The number of nitriles is 1. The number of aromatic nitrogens is 2. The Morgan fingerprint density at radius 3 is 2.41 bits per heavy atom. The number of hydrogen-bond acceptors (Lipinski definition) is 5. The summed E-state index contributed by atoms with van der Waals surface area (Å²) in [7, 11) is -3.98. The Morgan fingerprint density at radius 2 is 1.89 bits per heavy atom. The van der Waals surface area contributed by atoms with Gasteiger partial charge >= 0.3 is 5.69 Å². The van der Waals surface area contributed by atoms with Gasteiger partial charge in [0.1, 0.15) is 5.54 Å². The third-order valence-electron chi connectivity index (χ3n) is 5.25. The fraction of sp³-hybridized carbons (Fsp3) is 0.500. The van der Waals surface area contributed by atoms with E-state index in [1.54, 1.807) is 13.8 Å². The van der Waals surface area contributed by atoms with Crippen LogP contribution in [-0.2, 0) is 23.1 Å². The molecule has 0 aliphatic heterocycles. The van der Waals surface area contributed by atoms with Crippen LogP contribution in [-0.4, -0.2) is 23.1 Å². The molecule has 1 aromatic carbocycles. The largest absolute Gasteiger partial charge is 0.331 e. The van der Waals surface area contributed by atoms with Gasteiger partial charge in [0, 0.05) is 13.1 Å². The summed E-state index contributed by atoms with van der Waals surface area (Å²) in [6.07, 6.45) is 1.18. The average molecular weight is 390 g/mol. The third kappa shape index (κ3) is 2.99. The molecule has 0 saturated heterocycles. The van der Waals surface area contributed by atoms with E-state index in [4.69, 9.17) is 0 Å². The number of hydrogen-bond donors (Lipinski definition) is 1. The number of benzene rings is 1. The van der Waals surface area contributed by atoms with Crippen molar-refractivity contribution in [3.63, 3.8) is 0 Å². The van der Waals surface area contributed by atoms with Crippen LogP contribution >= 0.6 is 0 Å². The molecule has 2 atom stereocenters. The maximum atomic E-state index is 12.8. The molecule has 2 aromatic rings. The van der Waals surface area contributed by atoms with Crippen molar-refractivity contribution in [2.75, 3.05) is 0 Å². The Hall–Kier alpha value is -2.44. The fourth-order valence-corrected chi connectivity index (χ4v) is 4.97. The maximum Gasteiger partial charge on any atom is 0.331 e. The zero-order valence-electron chi connectivity index (χ0n) is 15.5. The molecule has 1 aliphatic rings. The number of nitrogens with zero attached hydrogens (tertiary/aromatic N) is 3. The number of nitrogens with one attached hydrogen (secondary N) is 1. The van der Waals surface area contributed by atoms with Gasteiger partial charge in [-0.25, -0.2) is 13.2 Å². The first-order valence-corrected chi connectivity index (χ1v) is 10.5. The van der Waals surface area contributed by atoms with Gasteiger partial charge in [-0.15, -0.1) is 0 Å². The first-order valence-electron chi connectivity index (χ1n) is 8.97. The van der Waals surface area contributed by atoms with E-state index in [1.807, 2.05) is 6.92 Å². The molecule has 8 nitrogen and oxygen atoms in total. The predicted octanol–water partition coefficient (Wildman–Crippen LogP) is 1.17. The molecule has 9 heteroatoms. The van der Waals surface area contributed by atoms with E-state index >= 15 is 0 Å². The van der Waals surface area contributed by atoms with Gasteiger partial charge in [0.2, 0.25) is 10.0 Å². The molecular weight excluding hydrogens is 368 g/mol. The second-order valence-electron chi connectivity index (χ2n) is 6.75. The summed E-state index contributed by atoms with van der Waals surface area (Å²) < 4.78 is 30.6. The van der Waals surface area contributed by atoms with Crippen molar-refractivity contribution in [1.29, 1.82) is 5.26 Å². The number of rotatable bonds is 6. The van der Waals surface area contributed by atoms with Crippen molar-refractivity contribution in [3.8, 4) is 6.07 Å². The second-order valence-corrected chi connectivity index (χ2v) is 8.44. The van der Waals surface area contributed by atoms with Crippen LogP contribution in [0.15, 0.2) is 32.7 Å². The lowest BCUT2D eigenvalue weighted by atomic mass is 10.2. The summed E-state index contributed by atoms with van der Waals surface area (Å²) in [5, 5.41) is 9.55. The molecular formula is C18H22N4O4S. The zero-order chi connectivity index (χ0) is 20.0. The summed E-state index contributed by atoms with van der Waals surface area (Å²) in [6, 6.07) is 6.19. The van der Waals surface area contributed by atoms with Crippen LogP contribution in [0.3, 0.4) is 0 Å². The zero-order valence-corrected chi connectivity index (χ0v) is 16.3. The Kier molecular flexibility index (Phi) is 4.74. The lowest BCUT2D eigenvalue weighted by Gasteiger charge is -2.14. The molecule has 27 heavy (non-hydrogen) atoms.